The van der Waals surface area contributed by atoms with Crippen molar-refractivity contribution in [2.45, 2.75) is 13.1 Å². The predicted molar refractivity (Wildman–Crippen MR) is 117 cm³/mol. The van der Waals surface area contributed by atoms with Crippen molar-refractivity contribution in [3.8, 4) is 0 Å². The standard InChI is InChI=1S/C23H18ClN3O5/c1-32-20(28)13-26-11-15(16-7-3-5-9-19(16)26)10-17-21(29)25-23(31)27(22(17)30)12-14-6-2-4-8-18(14)24/h2-11H,12-13H2,1H3,(H,25,29,31)/b17-10+. The number of methoxy groups -OCH3 is 1. The number of nitrogens with one attached hydrogen (secondary N) is 1. The number of hydrogen-bond donors (Lipinski definition) is 1. The first-order valence-corrected chi connectivity index (χ1v) is 10.0. The van der Waals surface area contributed by atoms with Crippen LogP contribution in [0.5, 0.6) is 0 Å². The molecule has 1 fully saturated rings. The molecule has 3 aromatic rings. The molecule has 0 radical (unpaired) electrons. The van der Waals surface area contributed by atoms with Gasteiger partial charge < -0.3 is 9.30 Å². The van der Waals surface area contributed by atoms with Crippen molar-refractivity contribution in [3.63, 3.8) is 0 Å². The first kappa shape index (κ1) is 21.3. The van der Waals surface area contributed by atoms with E-state index in [1.54, 1.807) is 35.0 Å². The molecular formula is C23H18ClN3O5. The number of imide groups is 2. The Morgan fingerprint density at radius 1 is 1.09 bits per heavy atom. The molecule has 0 saturated carbocycles. The number of nitrogens with zero attached hydrogens (tertiary/aromatic N) is 2. The number of aromatic nitrogens is 1. The number of esters is 1. The van der Waals surface area contributed by atoms with E-state index >= 15 is 0 Å². The number of urea groups is 1. The molecule has 162 valence electrons. The Bertz CT molecular complexity index is 1290. The number of carbonyl (C=O) groups excluding carboxylic acids is 4. The van der Waals surface area contributed by atoms with E-state index in [4.69, 9.17) is 16.3 Å². The number of hydrogen-bond acceptors (Lipinski definition) is 5. The predicted octanol–water partition coefficient (Wildman–Crippen LogP) is 3.13. The average molecular weight is 452 g/mol. The summed E-state index contributed by atoms with van der Waals surface area (Å²) >= 11 is 6.16. The van der Waals surface area contributed by atoms with Crippen molar-refractivity contribution < 1.29 is 23.9 Å². The molecule has 1 N–H and O–H groups in total. The zero-order valence-electron chi connectivity index (χ0n) is 17.0. The van der Waals surface area contributed by atoms with E-state index < -0.39 is 23.8 Å². The van der Waals surface area contributed by atoms with Crippen molar-refractivity contribution in [1.82, 2.24) is 14.8 Å². The largest absolute Gasteiger partial charge is 0.468 e. The SMILES string of the molecule is COC(=O)Cn1cc(/C=C2\C(=O)NC(=O)N(Cc3ccccc3Cl)C2=O)c2ccccc21. The Morgan fingerprint density at radius 2 is 1.81 bits per heavy atom. The van der Waals surface area contributed by atoms with Gasteiger partial charge in [-0.3, -0.25) is 24.6 Å². The highest BCUT2D eigenvalue weighted by Crippen LogP contribution is 2.26. The third-order valence-corrected chi connectivity index (χ3v) is 5.49. The molecule has 0 aliphatic carbocycles. The van der Waals surface area contributed by atoms with Gasteiger partial charge in [-0.25, -0.2) is 4.79 Å². The lowest BCUT2D eigenvalue weighted by Gasteiger charge is -2.26. The van der Waals surface area contributed by atoms with Crippen LogP contribution in [-0.4, -0.2) is 40.4 Å². The highest BCUT2D eigenvalue weighted by atomic mass is 35.5. The van der Waals surface area contributed by atoms with Gasteiger partial charge >= 0.3 is 12.0 Å². The number of carbonyl (C=O) groups is 4. The molecule has 2 heterocycles. The van der Waals surface area contributed by atoms with Gasteiger partial charge in [0.15, 0.2) is 0 Å². The number of barbiturate groups is 1. The van der Waals surface area contributed by atoms with Gasteiger partial charge in [0.1, 0.15) is 12.1 Å². The minimum absolute atomic E-state index is 0.0303. The number of para-hydroxylation sites is 1. The van der Waals surface area contributed by atoms with Crippen LogP contribution in [0.4, 0.5) is 4.79 Å². The quantitative estimate of drug-likeness (QED) is 0.365. The summed E-state index contributed by atoms with van der Waals surface area (Å²) in [4.78, 5) is 50.6. The zero-order chi connectivity index (χ0) is 22.8. The van der Waals surface area contributed by atoms with E-state index in [1.165, 1.54) is 13.2 Å². The fourth-order valence-corrected chi connectivity index (χ4v) is 3.71. The number of benzene rings is 2. The molecule has 1 aliphatic heterocycles. The van der Waals surface area contributed by atoms with Crippen LogP contribution < -0.4 is 5.32 Å². The Hall–Kier alpha value is -3.91. The first-order valence-electron chi connectivity index (χ1n) is 9.66. The van der Waals surface area contributed by atoms with E-state index in [-0.39, 0.29) is 18.7 Å². The Kier molecular flexibility index (Phi) is 5.79. The monoisotopic (exact) mass is 451 g/mol. The molecule has 1 aliphatic rings. The molecule has 9 heteroatoms. The van der Waals surface area contributed by atoms with Crippen LogP contribution in [0, 0.1) is 0 Å². The van der Waals surface area contributed by atoms with Crippen LogP contribution in [-0.2, 0) is 32.2 Å². The molecular weight excluding hydrogens is 434 g/mol. The Labute approximate surface area is 188 Å². The number of rotatable bonds is 5. The van der Waals surface area contributed by atoms with E-state index in [0.717, 1.165) is 15.8 Å². The smallest absolute Gasteiger partial charge is 0.331 e. The lowest BCUT2D eigenvalue weighted by atomic mass is 10.1. The fourth-order valence-electron chi connectivity index (χ4n) is 3.51. The van der Waals surface area contributed by atoms with Crippen LogP contribution in [0.25, 0.3) is 17.0 Å². The minimum atomic E-state index is -0.815. The van der Waals surface area contributed by atoms with Crippen molar-refractivity contribution in [1.29, 1.82) is 0 Å². The van der Waals surface area contributed by atoms with Crippen molar-refractivity contribution in [2.24, 2.45) is 0 Å². The van der Waals surface area contributed by atoms with Gasteiger partial charge in [-0.15, -0.1) is 0 Å². The molecule has 4 amide bonds. The van der Waals surface area contributed by atoms with Crippen LogP contribution in [0.15, 0.2) is 60.3 Å². The molecule has 0 bridgehead atoms. The minimum Gasteiger partial charge on any atom is -0.468 e. The average Bonchev–Trinajstić information content (AvgIpc) is 3.12. The van der Waals surface area contributed by atoms with E-state index in [1.807, 2.05) is 24.3 Å². The van der Waals surface area contributed by atoms with Gasteiger partial charge in [0.05, 0.1) is 13.7 Å². The number of ether oxygens (including phenoxy) is 1. The summed E-state index contributed by atoms with van der Waals surface area (Å²) in [7, 11) is 1.30. The second-order valence-electron chi connectivity index (χ2n) is 7.11. The number of fused-ring (bicyclic) bond motifs is 1. The summed E-state index contributed by atoms with van der Waals surface area (Å²) in [6.45, 7) is -0.115. The van der Waals surface area contributed by atoms with Gasteiger partial charge in [0.2, 0.25) is 0 Å². The van der Waals surface area contributed by atoms with Crippen LogP contribution in [0.3, 0.4) is 0 Å². The third-order valence-electron chi connectivity index (χ3n) is 5.12. The Morgan fingerprint density at radius 3 is 2.56 bits per heavy atom. The van der Waals surface area contributed by atoms with Gasteiger partial charge in [0.25, 0.3) is 11.8 Å². The summed E-state index contributed by atoms with van der Waals surface area (Å²) in [6, 6.07) is 13.3. The van der Waals surface area contributed by atoms with Gasteiger partial charge in [-0.1, -0.05) is 48.0 Å². The van der Waals surface area contributed by atoms with Crippen molar-refractivity contribution >= 4 is 52.4 Å². The normalized spacial score (nSPS) is 15.4. The first-order chi connectivity index (χ1) is 15.4. The molecule has 1 saturated heterocycles. The molecule has 1 aromatic heterocycles. The number of halogens is 1. The molecule has 2 aromatic carbocycles. The van der Waals surface area contributed by atoms with Crippen LogP contribution >= 0.6 is 11.6 Å². The van der Waals surface area contributed by atoms with Gasteiger partial charge in [-0.05, 0) is 23.8 Å². The lowest BCUT2D eigenvalue weighted by molar-refractivity contribution is -0.141. The highest BCUT2D eigenvalue weighted by molar-refractivity contribution is 6.32. The summed E-state index contributed by atoms with van der Waals surface area (Å²) < 4.78 is 6.41. The zero-order valence-corrected chi connectivity index (χ0v) is 17.8. The van der Waals surface area contributed by atoms with Crippen molar-refractivity contribution in [2.75, 3.05) is 7.11 Å². The molecule has 4 rings (SSSR count). The second-order valence-corrected chi connectivity index (χ2v) is 7.51. The van der Waals surface area contributed by atoms with E-state index in [9.17, 15) is 19.2 Å². The van der Waals surface area contributed by atoms with Crippen LogP contribution in [0.2, 0.25) is 5.02 Å². The number of amides is 4. The molecule has 0 atom stereocenters. The summed E-state index contributed by atoms with van der Waals surface area (Å²) in [5.41, 5.74) is 1.66. The van der Waals surface area contributed by atoms with E-state index in [2.05, 4.69) is 5.32 Å². The summed E-state index contributed by atoms with van der Waals surface area (Å²) in [6.07, 6.45) is 3.07. The maximum atomic E-state index is 13.1. The molecule has 0 spiro atoms. The van der Waals surface area contributed by atoms with Crippen LogP contribution in [0.1, 0.15) is 11.1 Å². The topological polar surface area (TPSA) is 97.7 Å². The van der Waals surface area contributed by atoms with Gasteiger partial charge in [-0.2, -0.15) is 0 Å². The summed E-state index contributed by atoms with van der Waals surface area (Å²) in [5.74, 6) is -1.96. The maximum absolute atomic E-state index is 13.1. The highest BCUT2D eigenvalue weighted by Gasteiger charge is 2.36. The molecule has 0 unspecified atom stereocenters. The Balaban J connectivity index is 1.73. The molecule has 8 nitrogen and oxygen atoms in total. The molecule has 32 heavy (non-hydrogen) atoms. The van der Waals surface area contributed by atoms with Gasteiger partial charge in [0, 0.05) is 27.7 Å². The van der Waals surface area contributed by atoms with Crippen molar-refractivity contribution in [3.05, 3.63) is 76.5 Å². The third kappa shape index (κ3) is 4.00. The lowest BCUT2D eigenvalue weighted by Crippen LogP contribution is -2.53. The summed E-state index contributed by atoms with van der Waals surface area (Å²) in [5, 5.41) is 3.34. The fraction of sp³-hybridized carbons (Fsp3) is 0.130. The maximum Gasteiger partial charge on any atom is 0.331 e. The second kappa shape index (κ2) is 8.68. The van der Waals surface area contributed by atoms with E-state index in [0.29, 0.717) is 16.1 Å².